The van der Waals surface area contributed by atoms with Gasteiger partial charge in [-0.05, 0) is 19.1 Å². The van der Waals surface area contributed by atoms with Gasteiger partial charge >= 0.3 is 5.97 Å². The fourth-order valence-corrected chi connectivity index (χ4v) is 1.31. The number of esters is 1. The van der Waals surface area contributed by atoms with Gasteiger partial charge in [0.25, 0.3) is 5.56 Å². The summed E-state index contributed by atoms with van der Waals surface area (Å²) in [4.78, 5) is 29.3. The molecule has 0 fully saturated rings. The van der Waals surface area contributed by atoms with E-state index in [1.165, 1.54) is 0 Å². The minimum atomic E-state index is -0.785. The quantitative estimate of drug-likeness (QED) is 0.787. The highest BCUT2D eigenvalue weighted by Crippen LogP contribution is 2.09. The summed E-state index contributed by atoms with van der Waals surface area (Å²) in [6.07, 6.45) is 3.13. The summed E-state index contributed by atoms with van der Waals surface area (Å²) >= 11 is 0. The average molecular weight is 246 g/mol. The number of carbonyl (C=O) groups is 1. The molecule has 0 saturated heterocycles. The maximum atomic E-state index is 11.7. The first kappa shape index (κ1) is 11.9. The number of rotatable bonds is 3. The van der Waals surface area contributed by atoms with Crippen LogP contribution >= 0.6 is 0 Å². The van der Waals surface area contributed by atoms with E-state index in [1.54, 1.807) is 31.5 Å². The number of nitrogens with zero attached hydrogens (tertiary/aromatic N) is 3. The SMILES string of the molecule is CCOC(=O)c1nnc(-c2ccncc2)[nH]c1=O. The van der Waals surface area contributed by atoms with Crippen LogP contribution in [0.25, 0.3) is 11.4 Å². The molecule has 0 saturated carbocycles. The van der Waals surface area contributed by atoms with Crippen LogP contribution in [0.15, 0.2) is 29.3 Å². The van der Waals surface area contributed by atoms with Gasteiger partial charge in [0.15, 0.2) is 5.82 Å². The van der Waals surface area contributed by atoms with Gasteiger partial charge in [-0.25, -0.2) is 4.79 Å². The molecule has 0 aliphatic carbocycles. The van der Waals surface area contributed by atoms with Crippen LogP contribution in [0.1, 0.15) is 17.4 Å². The molecule has 0 aromatic carbocycles. The van der Waals surface area contributed by atoms with Gasteiger partial charge in [0, 0.05) is 18.0 Å². The number of hydrogen-bond donors (Lipinski definition) is 1. The van der Waals surface area contributed by atoms with Crippen LogP contribution in [0.2, 0.25) is 0 Å². The van der Waals surface area contributed by atoms with E-state index in [0.717, 1.165) is 0 Å². The highest BCUT2D eigenvalue weighted by Gasteiger charge is 2.15. The molecule has 2 rings (SSSR count). The molecule has 0 radical (unpaired) electrons. The normalized spacial score (nSPS) is 10.1. The molecule has 0 atom stereocenters. The molecule has 1 N–H and O–H groups in total. The van der Waals surface area contributed by atoms with Crippen LogP contribution in [0.4, 0.5) is 0 Å². The van der Waals surface area contributed by atoms with Crippen molar-refractivity contribution in [2.75, 3.05) is 6.61 Å². The number of aromatic amines is 1. The van der Waals surface area contributed by atoms with Crippen molar-refractivity contribution in [2.45, 2.75) is 6.92 Å². The Balaban J connectivity index is 2.37. The van der Waals surface area contributed by atoms with Gasteiger partial charge in [-0.15, -0.1) is 10.2 Å². The van der Waals surface area contributed by atoms with E-state index in [9.17, 15) is 9.59 Å². The number of nitrogens with one attached hydrogen (secondary N) is 1. The molecule has 0 unspecified atom stereocenters. The van der Waals surface area contributed by atoms with Gasteiger partial charge in [0.2, 0.25) is 5.69 Å². The molecule has 0 aliphatic rings. The maximum absolute atomic E-state index is 11.7. The standard InChI is InChI=1S/C11H10N4O3/c1-2-18-11(17)8-10(16)13-9(15-14-8)7-3-5-12-6-4-7/h3-6H,2H2,1H3,(H,13,15,16). The minimum absolute atomic E-state index is 0.173. The van der Waals surface area contributed by atoms with Crippen LogP contribution in [-0.2, 0) is 4.74 Å². The summed E-state index contributed by atoms with van der Waals surface area (Å²) in [5, 5.41) is 7.36. The van der Waals surface area contributed by atoms with Crippen molar-refractivity contribution in [3.05, 3.63) is 40.6 Å². The molecule has 0 spiro atoms. The molecule has 2 aromatic heterocycles. The molecular formula is C11H10N4O3. The maximum Gasteiger partial charge on any atom is 0.364 e. The number of carbonyl (C=O) groups excluding carboxylic acids is 1. The van der Waals surface area contributed by atoms with E-state index in [0.29, 0.717) is 5.56 Å². The van der Waals surface area contributed by atoms with Gasteiger partial charge in [-0.1, -0.05) is 0 Å². The van der Waals surface area contributed by atoms with Crippen LogP contribution in [0.3, 0.4) is 0 Å². The lowest BCUT2D eigenvalue weighted by Crippen LogP contribution is -2.23. The first-order valence-electron chi connectivity index (χ1n) is 5.27. The van der Waals surface area contributed by atoms with Crippen molar-refractivity contribution < 1.29 is 9.53 Å². The molecule has 0 bridgehead atoms. The number of aromatic nitrogens is 4. The fourth-order valence-electron chi connectivity index (χ4n) is 1.31. The summed E-state index contributed by atoms with van der Waals surface area (Å²) in [7, 11) is 0. The molecule has 2 aromatic rings. The summed E-state index contributed by atoms with van der Waals surface area (Å²) in [5.41, 5.74) is -0.324. The Morgan fingerprint density at radius 2 is 2.06 bits per heavy atom. The second kappa shape index (κ2) is 5.17. The molecule has 18 heavy (non-hydrogen) atoms. The van der Waals surface area contributed by atoms with Crippen molar-refractivity contribution in [1.29, 1.82) is 0 Å². The zero-order valence-corrected chi connectivity index (χ0v) is 9.58. The molecule has 0 amide bonds. The Bertz CT molecular complexity index is 609. The highest BCUT2D eigenvalue weighted by atomic mass is 16.5. The van der Waals surface area contributed by atoms with Gasteiger partial charge < -0.3 is 9.72 Å². The second-order valence-electron chi connectivity index (χ2n) is 3.31. The second-order valence-corrected chi connectivity index (χ2v) is 3.31. The van der Waals surface area contributed by atoms with E-state index in [1.807, 2.05) is 0 Å². The first-order chi connectivity index (χ1) is 8.72. The number of ether oxygens (including phenoxy) is 1. The largest absolute Gasteiger partial charge is 0.461 e. The summed E-state index contributed by atoms with van der Waals surface area (Å²) in [6, 6.07) is 3.34. The zero-order valence-electron chi connectivity index (χ0n) is 9.58. The van der Waals surface area contributed by atoms with E-state index in [4.69, 9.17) is 0 Å². The van der Waals surface area contributed by atoms with E-state index in [2.05, 4.69) is 24.9 Å². The molecule has 0 aliphatic heterocycles. The van der Waals surface area contributed by atoms with Crippen LogP contribution in [0.5, 0.6) is 0 Å². The third-order valence-electron chi connectivity index (χ3n) is 2.12. The van der Waals surface area contributed by atoms with E-state index < -0.39 is 11.5 Å². The van der Waals surface area contributed by atoms with Crippen molar-refractivity contribution in [3.63, 3.8) is 0 Å². The lowest BCUT2D eigenvalue weighted by molar-refractivity contribution is 0.0515. The lowest BCUT2D eigenvalue weighted by atomic mass is 10.2. The third-order valence-corrected chi connectivity index (χ3v) is 2.12. The number of H-pyrrole nitrogens is 1. The fraction of sp³-hybridized carbons (Fsp3) is 0.182. The Labute approximate surface area is 102 Å². The monoisotopic (exact) mass is 246 g/mol. The van der Waals surface area contributed by atoms with Crippen LogP contribution in [-0.4, -0.2) is 32.7 Å². The predicted octanol–water partition coefficient (Wildman–Crippen LogP) is 0.404. The Kier molecular flexibility index (Phi) is 3.42. The third kappa shape index (κ3) is 2.40. The molecule has 92 valence electrons. The molecule has 7 heteroatoms. The van der Waals surface area contributed by atoms with Crippen molar-refractivity contribution in [2.24, 2.45) is 0 Å². The van der Waals surface area contributed by atoms with Crippen molar-refractivity contribution >= 4 is 5.97 Å². The average Bonchev–Trinajstić information content (AvgIpc) is 2.40. The minimum Gasteiger partial charge on any atom is -0.461 e. The smallest absolute Gasteiger partial charge is 0.364 e. The highest BCUT2D eigenvalue weighted by molar-refractivity contribution is 5.86. The number of pyridine rings is 1. The summed E-state index contributed by atoms with van der Waals surface area (Å²) in [5.74, 6) is -0.511. The van der Waals surface area contributed by atoms with Crippen molar-refractivity contribution in [1.82, 2.24) is 20.2 Å². The Hall–Kier alpha value is -2.57. The van der Waals surface area contributed by atoms with Crippen LogP contribution in [0, 0.1) is 0 Å². The van der Waals surface area contributed by atoms with Gasteiger partial charge in [-0.2, -0.15) is 0 Å². The lowest BCUT2D eigenvalue weighted by Gasteiger charge is -2.01. The summed E-state index contributed by atoms with van der Waals surface area (Å²) < 4.78 is 4.68. The molecule has 7 nitrogen and oxygen atoms in total. The van der Waals surface area contributed by atoms with Gasteiger partial charge in [-0.3, -0.25) is 9.78 Å². The van der Waals surface area contributed by atoms with E-state index >= 15 is 0 Å². The zero-order chi connectivity index (χ0) is 13.0. The van der Waals surface area contributed by atoms with Crippen LogP contribution < -0.4 is 5.56 Å². The molecular weight excluding hydrogens is 236 g/mol. The topological polar surface area (TPSA) is 97.8 Å². The van der Waals surface area contributed by atoms with E-state index in [-0.39, 0.29) is 18.1 Å². The Morgan fingerprint density at radius 1 is 1.33 bits per heavy atom. The Morgan fingerprint density at radius 3 is 2.67 bits per heavy atom. The van der Waals surface area contributed by atoms with Crippen molar-refractivity contribution in [3.8, 4) is 11.4 Å². The summed E-state index contributed by atoms with van der Waals surface area (Å²) in [6.45, 7) is 1.82. The number of hydrogen-bond acceptors (Lipinski definition) is 6. The van der Waals surface area contributed by atoms with Gasteiger partial charge in [0.05, 0.1) is 6.61 Å². The molecule has 2 heterocycles. The predicted molar refractivity (Wildman–Crippen MR) is 61.8 cm³/mol. The first-order valence-corrected chi connectivity index (χ1v) is 5.27. The van der Waals surface area contributed by atoms with Gasteiger partial charge in [0.1, 0.15) is 0 Å².